The van der Waals surface area contributed by atoms with Gasteiger partial charge in [-0.2, -0.15) is 10.2 Å². The first-order valence-corrected chi connectivity index (χ1v) is 8.56. The minimum atomic E-state index is -0.226. The molecule has 0 aromatic carbocycles. The Balaban J connectivity index is 1.59. The van der Waals surface area contributed by atoms with Gasteiger partial charge in [-0.1, -0.05) is 0 Å². The van der Waals surface area contributed by atoms with Gasteiger partial charge in [0.15, 0.2) is 11.5 Å². The second-order valence-corrected chi connectivity index (χ2v) is 6.43. The molecule has 4 aromatic heterocycles. The zero-order valence-electron chi connectivity index (χ0n) is 15.3. The Hall–Kier alpha value is -3.55. The van der Waals surface area contributed by atoms with Gasteiger partial charge in [0.1, 0.15) is 0 Å². The molecule has 4 heterocycles. The lowest BCUT2D eigenvalue weighted by Crippen LogP contribution is -2.14. The standard InChI is InChI=1S/C19H19N7O/c1-12-10-15(17-13(2)23-25(3)18(17)21-12)19(27)22-16-6-9-26(24-16)11-14-4-7-20-8-5-14/h4-10H,11H2,1-3H3,(H,22,24,27). The number of pyridine rings is 2. The van der Waals surface area contributed by atoms with Gasteiger partial charge in [0.25, 0.3) is 5.91 Å². The van der Waals surface area contributed by atoms with Gasteiger partial charge in [-0.25, -0.2) is 4.98 Å². The van der Waals surface area contributed by atoms with E-state index in [9.17, 15) is 4.79 Å². The Labute approximate surface area is 155 Å². The van der Waals surface area contributed by atoms with E-state index in [1.54, 1.807) is 33.9 Å². The van der Waals surface area contributed by atoms with Gasteiger partial charge in [-0.05, 0) is 37.6 Å². The van der Waals surface area contributed by atoms with E-state index < -0.39 is 0 Å². The lowest BCUT2D eigenvalue weighted by Gasteiger charge is -2.06. The summed E-state index contributed by atoms with van der Waals surface area (Å²) in [7, 11) is 1.82. The molecule has 0 unspecified atom stereocenters. The molecule has 0 aliphatic heterocycles. The van der Waals surface area contributed by atoms with Crippen LogP contribution in [0.3, 0.4) is 0 Å². The van der Waals surface area contributed by atoms with E-state index >= 15 is 0 Å². The number of hydrogen-bond acceptors (Lipinski definition) is 5. The van der Waals surface area contributed by atoms with Crippen LogP contribution in [0.2, 0.25) is 0 Å². The van der Waals surface area contributed by atoms with E-state index in [4.69, 9.17) is 0 Å². The van der Waals surface area contributed by atoms with Gasteiger partial charge < -0.3 is 5.32 Å². The summed E-state index contributed by atoms with van der Waals surface area (Å²) in [6, 6.07) is 7.42. The molecule has 0 saturated heterocycles. The van der Waals surface area contributed by atoms with Crippen molar-refractivity contribution in [2.24, 2.45) is 7.05 Å². The fourth-order valence-electron chi connectivity index (χ4n) is 3.12. The van der Waals surface area contributed by atoms with Crippen molar-refractivity contribution in [3.8, 4) is 0 Å². The van der Waals surface area contributed by atoms with Crippen molar-refractivity contribution >= 4 is 22.8 Å². The van der Waals surface area contributed by atoms with Crippen molar-refractivity contribution in [1.82, 2.24) is 29.5 Å². The lowest BCUT2D eigenvalue weighted by molar-refractivity contribution is 0.102. The summed E-state index contributed by atoms with van der Waals surface area (Å²) < 4.78 is 3.46. The number of anilines is 1. The summed E-state index contributed by atoms with van der Waals surface area (Å²) in [4.78, 5) is 21.4. The summed E-state index contributed by atoms with van der Waals surface area (Å²) in [6.07, 6.45) is 5.32. The average Bonchev–Trinajstić information content (AvgIpc) is 3.19. The van der Waals surface area contributed by atoms with Crippen molar-refractivity contribution in [3.05, 3.63) is 65.4 Å². The molecule has 1 amide bonds. The molecule has 4 aromatic rings. The Kier molecular flexibility index (Phi) is 4.15. The van der Waals surface area contributed by atoms with E-state index in [1.807, 2.05) is 39.2 Å². The quantitative estimate of drug-likeness (QED) is 0.603. The molecule has 0 aliphatic rings. The second kappa shape index (κ2) is 6.64. The fraction of sp³-hybridized carbons (Fsp3) is 0.211. The van der Waals surface area contributed by atoms with Gasteiger partial charge in [0.05, 0.1) is 23.2 Å². The number of fused-ring (bicyclic) bond motifs is 1. The van der Waals surface area contributed by atoms with Crippen LogP contribution in [0.25, 0.3) is 11.0 Å². The van der Waals surface area contributed by atoms with Gasteiger partial charge >= 0.3 is 0 Å². The molecule has 8 nitrogen and oxygen atoms in total. The van der Waals surface area contributed by atoms with Crippen LogP contribution < -0.4 is 5.32 Å². The Bertz CT molecular complexity index is 1130. The van der Waals surface area contributed by atoms with Gasteiger partial charge in [-0.15, -0.1) is 0 Å². The van der Waals surface area contributed by atoms with E-state index in [1.165, 1.54) is 0 Å². The highest BCUT2D eigenvalue weighted by molar-refractivity contribution is 6.12. The summed E-state index contributed by atoms with van der Waals surface area (Å²) >= 11 is 0. The monoisotopic (exact) mass is 361 g/mol. The number of aryl methyl sites for hydroxylation is 3. The molecule has 27 heavy (non-hydrogen) atoms. The first-order valence-electron chi connectivity index (χ1n) is 8.56. The third kappa shape index (κ3) is 3.29. The average molecular weight is 361 g/mol. The molecule has 4 rings (SSSR count). The molecule has 1 N–H and O–H groups in total. The van der Waals surface area contributed by atoms with Gasteiger partial charge in [0, 0.05) is 37.4 Å². The largest absolute Gasteiger partial charge is 0.305 e. The van der Waals surface area contributed by atoms with Crippen LogP contribution in [-0.2, 0) is 13.6 Å². The third-order valence-electron chi connectivity index (χ3n) is 4.32. The minimum Gasteiger partial charge on any atom is -0.305 e. The van der Waals surface area contributed by atoms with Crippen LogP contribution >= 0.6 is 0 Å². The second-order valence-electron chi connectivity index (χ2n) is 6.43. The normalized spacial score (nSPS) is 11.1. The minimum absolute atomic E-state index is 0.226. The molecule has 0 saturated carbocycles. The number of nitrogens with zero attached hydrogens (tertiary/aromatic N) is 6. The van der Waals surface area contributed by atoms with Crippen molar-refractivity contribution in [1.29, 1.82) is 0 Å². The van der Waals surface area contributed by atoms with Crippen LogP contribution in [0.15, 0.2) is 42.9 Å². The molecular formula is C19H19N7O. The smallest absolute Gasteiger partial charge is 0.257 e. The summed E-state index contributed by atoms with van der Waals surface area (Å²) in [5, 5.41) is 12.4. The predicted molar refractivity (Wildman–Crippen MR) is 102 cm³/mol. The summed E-state index contributed by atoms with van der Waals surface area (Å²) in [5.41, 5.74) is 3.86. The number of carbonyl (C=O) groups is 1. The molecule has 0 fully saturated rings. The van der Waals surface area contributed by atoms with Crippen LogP contribution in [0.1, 0.15) is 27.3 Å². The summed E-state index contributed by atoms with van der Waals surface area (Å²) in [5.74, 6) is 0.272. The van der Waals surface area contributed by atoms with Crippen molar-refractivity contribution in [3.63, 3.8) is 0 Å². The van der Waals surface area contributed by atoms with Gasteiger partial charge in [0.2, 0.25) is 0 Å². The Morgan fingerprint density at radius 1 is 1.15 bits per heavy atom. The number of aromatic nitrogens is 6. The zero-order chi connectivity index (χ0) is 19.0. The maximum atomic E-state index is 12.9. The van der Waals surface area contributed by atoms with E-state index in [-0.39, 0.29) is 5.91 Å². The molecule has 0 radical (unpaired) electrons. The molecule has 0 aliphatic carbocycles. The SMILES string of the molecule is Cc1cc(C(=O)Nc2ccn(Cc3ccncc3)n2)c2c(C)nn(C)c2n1. The number of nitrogens with one attached hydrogen (secondary N) is 1. The Morgan fingerprint density at radius 2 is 1.93 bits per heavy atom. The Morgan fingerprint density at radius 3 is 2.70 bits per heavy atom. The molecule has 136 valence electrons. The zero-order valence-corrected chi connectivity index (χ0v) is 15.3. The summed E-state index contributed by atoms with van der Waals surface area (Å²) in [6.45, 7) is 4.35. The highest BCUT2D eigenvalue weighted by Crippen LogP contribution is 2.22. The maximum Gasteiger partial charge on any atom is 0.257 e. The number of amides is 1. The first kappa shape index (κ1) is 16.9. The van der Waals surface area contributed by atoms with Crippen molar-refractivity contribution < 1.29 is 4.79 Å². The molecule has 8 heteroatoms. The number of carbonyl (C=O) groups excluding carboxylic acids is 1. The predicted octanol–water partition coefficient (Wildman–Crippen LogP) is 2.48. The maximum absolute atomic E-state index is 12.9. The lowest BCUT2D eigenvalue weighted by atomic mass is 10.1. The van der Waals surface area contributed by atoms with Gasteiger partial charge in [-0.3, -0.25) is 19.1 Å². The number of hydrogen-bond donors (Lipinski definition) is 1. The van der Waals surface area contributed by atoms with Crippen molar-refractivity contribution in [2.45, 2.75) is 20.4 Å². The molecular weight excluding hydrogens is 342 g/mol. The fourth-order valence-corrected chi connectivity index (χ4v) is 3.12. The third-order valence-corrected chi connectivity index (χ3v) is 4.32. The topological polar surface area (TPSA) is 90.5 Å². The molecule has 0 atom stereocenters. The molecule has 0 bridgehead atoms. The highest BCUT2D eigenvalue weighted by Gasteiger charge is 2.18. The van der Waals surface area contributed by atoms with Crippen LogP contribution in [0.5, 0.6) is 0 Å². The van der Waals surface area contributed by atoms with Crippen LogP contribution in [-0.4, -0.2) is 35.4 Å². The molecule has 0 spiro atoms. The first-order chi connectivity index (χ1) is 13.0. The van der Waals surface area contributed by atoms with Crippen LogP contribution in [0.4, 0.5) is 5.82 Å². The van der Waals surface area contributed by atoms with E-state index in [0.717, 1.165) is 22.3 Å². The number of rotatable bonds is 4. The van der Waals surface area contributed by atoms with Crippen LogP contribution in [0, 0.1) is 13.8 Å². The highest BCUT2D eigenvalue weighted by atomic mass is 16.1. The van der Waals surface area contributed by atoms with Crippen molar-refractivity contribution in [2.75, 3.05) is 5.32 Å². The van der Waals surface area contributed by atoms with E-state index in [0.29, 0.717) is 23.6 Å². The van der Waals surface area contributed by atoms with E-state index in [2.05, 4.69) is 25.5 Å².